The van der Waals surface area contributed by atoms with E-state index in [2.05, 4.69) is 14.7 Å². The Kier molecular flexibility index (Phi) is 4.60. The molecular formula is C6H10NO6+. The van der Waals surface area contributed by atoms with Crippen LogP contribution in [0.2, 0.25) is 0 Å². The molecule has 2 unspecified atom stereocenters. The van der Waals surface area contributed by atoms with Crippen molar-refractivity contribution >= 4 is 11.9 Å². The van der Waals surface area contributed by atoms with E-state index in [0.717, 1.165) is 14.2 Å². The van der Waals surface area contributed by atoms with Crippen LogP contribution in [-0.4, -0.2) is 48.2 Å². The van der Waals surface area contributed by atoms with E-state index in [1.807, 2.05) is 0 Å². The maximum atomic E-state index is 10.7. The Balaban J connectivity index is 4.48. The summed E-state index contributed by atoms with van der Waals surface area (Å²) in [7, 11) is 2.09. The summed E-state index contributed by atoms with van der Waals surface area (Å²) in [4.78, 5) is 29.6. The Labute approximate surface area is 73.6 Å². The van der Waals surface area contributed by atoms with Gasteiger partial charge in [-0.15, -0.1) is 4.91 Å². The fourth-order valence-electron chi connectivity index (χ4n) is 0.606. The first-order chi connectivity index (χ1) is 6.08. The van der Waals surface area contributed by atoms with Crippen molar-refractivity contribution in [1.82, 2.24) is 0 Å². The summed E-state index contributed by atoms with van der Waals surface area (Å²) in [5.41, 5.74) is 0. The van der Waals surface area contributed by atoms with Crippen LogP contribution >= 0.6 is 0 Å². The second-order valence-corrected chi connectivity index (χ2v) is 2.06. The summed E-state index contributed by atoms with van der Waals surface area (Å²) in [6.45, 7) is 0. The second-order valence-electron chi connectivity index (χ2n) is 2.06. The van der Waals surface area contributed by atoms with E-state index in [4.69, 9.17) is 9.90 Å². The summed E-state index contributed by atoms with van der Waals surface area (Å²) in [5.74, 6) is -1.92. The molecule has 0 spiro atoms. The third-order valence-corrected chi connectivity index (χ3v) is 1.32. The first-order valence-electron chi connectivity index (χ1n) is 3.26. The number of rotatable bonds is 4. The molecule has 13 heavy (non-hydrogen) atoms. The largest absolute Gasteiger partial charge is 0.515 e. The molecular weight excluding hydrogens is 182 g/mol. The number of hydrogen-bond acceptors (Lipinski definition) is 6. The van der Waals surface area contributed by atoms with Crippen molar-refractivity contribution in [2.75, 3.05) is 14.2 Å². The molecule has 2 N–H and O–H groups in total. The van der Waals surface area contributed by atoms with Crippen molar-refractivity contribution in [3.63, 3.8) is 0 Å². The van der Waals surface area contributed by atoms with Crippen LogP contribution in [0.4, 0.5) is 0 Å². The quantitative estimate of drug-likeness (QED) is 0.342. The first-order valence-corrected chi connectivity index (χ1v) is 3.26. The van der Waals surface area contributed by atoms with Gasteiger partial charge in [0.05, 0.1) is 7.11 Å². The molecule has 0 heterocycles. The lowest BCUT2D eigenvalue weighted by Gasteiger charge is -2.07. The monoisotopic (exact) mass is 192 g/mol. The number of esters is 2. The first kappa shape index (κ1) is 11.5. The molecule has 0 aromatic rings. The molecule has 0 bridgehead atoms. The summed E-state index contributed by atoms with van der Waals surface area (Å²) < 4.78 is 8.35. The van der Waals surface area contributed by atoms with Gasteiger partial charge in [-0.3, -0.25) is 0 Å². The number of aliphatic hydroxyl groups is 1. The molecule has 0 amide bonds. The van der Waals surface area contributed by atoms with E-state index >= 15 is 0 Å². The molecule has 0 aromatic carbocycles. The standard InChI is InChI=1S/C6H9NO6/c1-12-5(9)3(7-11)4(8)6(10)13-2/h3-4,8H,1-2H3/p+1. The number of aliphatic hydroxyl groups excluding tert-OH is 1. The topological polar surface area (TPSA) is 107 Å². The SMILES string of the molecule is COC(=O)C(N=O)C(O)C(=[OH+])OC. The highest BCUT2D eigenvalue weighted by atomic mass is 16.5. The highest BCUT2D eigenvalue weighted by molar-refractivity contribution is 5.86. The number of ether oxygens (including phenoxy) is 2. The number of nitrogens with zero attached hydrogens (tertiary/aromatic N) is 1. The second kappa shape index (κ2) is 5.20. The van der Waals surface area contributed by atoms with E-state index in [-0.39, 0.29) is 0 Å². The Morgan fingerprint density at radius 3 is 2.31 bits per heavy atom. The Morgan fingerprint density at radius 1 is 1.46 bits per heavy atom. The number of carbonyl (C=O) groups excluding carboxylic acids is 2. The van der Waals surface area contributed by atoms with Crippen molar-refractivity contribution in [2.24, 2.45) is 5.18 Å². The van der Waals surface area contributed by atoms with Gasteiger partial charge in [-0.05, 0) is 0 Å². The molecule has 0 rings (SSSR count). The van der Waals surface area contributed by atoms with Crippen LogP contribution in [0, 0.1) is 4.91 Å². The zero-order valence-corrected chi connectivity index (χ0v) is 7.13. The van der Waals surface area contributed by atoms with Gasteiger partial charge in [0.15, 0.2) is 7.11 Å². The van der Waals surface area contributed by atoms with Crippen molar-refractivity contribution < 1.29 is 24.2 Å². The average Bonchev–Trinajstić information content (AvgIpc) is 2.17. The molecule has 0 aliphatic rings. The lowest BCUT2D eigenvalue weighted by atomic mass is 10.2. The van der Waals surface area contributed by atoms with Crippen LogP contribution < -0.4 is 0 Å². The van der Waals surface area contributed by atoms with Gasteiger partial charge in [-0.25, -0.2) is 4.79 Å². The third-order valence-electron chi connectivity index (χ3n) is 1.32. The lowest BCUT2D eigenvalue weighted by Crippen LogP contribution is -2.39. The molecule has 0 aliphatic heterocycles. The molecule has 74 valence electrons. The summed E-state index contributed by atoms with van der Waals surface area (Å²) in [6, 6.07) is -1.72. The minimum atomic E-state index is -1.81. The van der Waals surface area contributed by atoms with Gasteiger partial charge in [0, 0.05) is 0 Å². The number of hydrogen-bond donors (Lipinski definition) is 1. The zero-order chi connectivity index (χ0) is 10.4. The molecule has 0 saturated heterocycles. The van der Waals surface area contributed by atoms with Crippen molar-refractivity contribution in [2.45, 2.75) is 12.1 Å². The van der Waals surface area contributed by atoms with Gasteiger partial charge in [-0.2, -0.15) is 0 Å². The summed E-state index contributed by atoms with van der Waals surface area (Å²) in [5, 5.41) is 11.4. The van der Waals surface area contributed by atoms with E-state index in [9.17, 15) is 9.70 Å². The predicted octanol–water partition coefficient (Wildman–Crippen LogP) is -1.20. The van der Waals surface area contributed by atoms with Crippen molar-refractivity contribution in [1.29, 1.82) is 0 Å². The van der Waals surface area contributed by atoms with Gasteiger partial charge in [0.25, 0.3) is 0 Å². The number of methoxy groups -OCH3 is 2. The van der Waals surface area contributed by atoms with Crippen LogP contribution in [-0.2, 0) is 14.3 Å². The van der Waals surface area contributed by atoms with E-state index in [0.29, 0.717) is 0 Å². The van der Waals surface area contributed by atoms with Crippen LogP contribution in [0.25, 0.3) is 0 Å². The van der Waals surface area contributed by atoms with Crippen LogP contribution in [0.5, 0.6) is 0 Å². The highest BCUT2D eigenvalue weighted by Crippen LogP contribution is 2.02. The van der Waals surface area contributed by atoms with Crippen LogP contribution in [0.3, 0.4) is 0 Å². The summed E-state index contributed by atoms with van der Waals surface area (Å²) >= 11 is 0. The molecule has 0 aliphatic carbocycles. The zero-order valence-electron chi connectivity index (χ0n) is 7.13. The number of carbonyl (C=O) groups is 1. The van der Waals surface area contributed by atoms with Crippen molar-refractivity contribution in [3.05, 3.63) is 4.91 Å². The van der Waals surface area contributed by atoms with E-state index in [1.165, 1.54) is 0 Å². The highest BCUT2D eigenvalue weighted by Gasteiger charge is 2.39. The molecule has 7 heteroatoms. The van der Waals surface area contributed by atoms with Gasteiger partial charge >= 0.3 is 11.9 Å². The van der Waals surface area contributed by atoms with Gasteiger partial charge in [0.2, 0.25) is 12.1 Å². The Morgan fingerprint density at radius 2 is 2.00 bits per heavy atom. The van der Waals surface area contributed by atoms with E-state index < -0.39 is 24.1 Å². The van der Waals surface area contributed by atoms with Gasteiger partial charge in [0.1, 0.15) is 0 Å². The van der Waals surface area contributed by atoms with Gasteiger partial charge < -0.3 is 19.4 Å². The molecule has 0 aromatic heterocycles. The summed E-state index contributed by atoms with van der Waals surface area (Å²) in [6.07, 6.45) is -1.81. The minimum Gasteiger partial charge on any atom is -0.467 e. The fourth-order valence-corrected chi connectivity index (χ4v) is 0.606. The number of nitroso groups, excluding NO2 is 1. The van der Waals surface area contributed by atoms with Crippen LogP contribution in [0.15, 0.2) is 5.18 Å². The van der Waals surface area contributed by atoms with E-state index in [1.54, 1.807) is 0 Å². The third kappa shape index (κ3) is 2.79. The minimum absolute atomic E-state index is 0.866. The Bertz CT molecular complexity index is 215. The predicted molar refractivity (Wildman–Crippen MR) is 41.6 cm³/mol. The lowest BCUT2D eigenvalue weighted by molar-refractivity contribution is -0.144. The normalized spacial score (nSPS) is 14.1. The maximum Gasteiger partial charge on any atom is 0.515 e. The molecule has 7 nitrogen and oxygen atoms in total. The molecule has 0 fully saturated rings. The van der Waals surface area contributed by atoms with Gasteiger partial charge in [-0.1, -0.05) is 5.18 Å². The molecule has 2 atom stereocenters. The maximum absolute atomic E-state index is 10.7. The average molecular weight is 192 g/mol. The fraction of sp³-hybridized carbons (Fsp3) is 0.667. The van der Waals surface area contributed by atoms with Crippen molar-refractivity contribution in [3.8, 4) is 0 Å². The Hall–Kier alpha value is -1.50. The van der Waals surface area contributed by atoms with Crippen LogP contribution in [0.1, 0.15) is 0 Å². The molecule has 0 saturated carbocycles. The molecule has 0 radical (unpaired) electrons. The smallest absolute Gasteiger partial charge is 0.467 e.